The summed E-state index contributed by atoms with van der Waals surface area (Å²) in [7, 11) is 0. The number of hydrogen-bond donors (Lipinski definition) is 1. The first-order chi connectivity index (χ1) is 12.7. The summed E-state index contributed by atoms with van der Waals surface area (Å²) in [5.41, 5.74) is 1.50. The van der Waals surface area contributed by atoms with Gasteiger partial charge in [-0.15, -0.1) is 10.2 Å². The molecule has 0 spiro atoms. The zero-order valence-corrected chi connectivity index (χ0v) is 15.6. The van der Waals surface area contributed by atoms with Gasteiger partial charge < -0.3 is 9.88 Å². The Morgan fingerprint density at radius 3 is 2.77 bits per heavy atom. The van der Waals surface area contributed by atoms with E-state index >= 15 is 0 Å². The predicted molar refractivity (Wildman–Crippen MR) is 104 cm³/mol. The third-order valence-corrected chi connectivity index (χ3v) is 5.47. The Bertz CT molecular complexity index is 902. The molecule has 4 rings (SSSR count). The lowest BCUT2D eigenvalue weighted by atomic mass is 10.3. The summed E-state index contributed by atoms with van der Waals surface area (Å²) < 4.78 is 1.99. The number of H-pyrrole nitrogens is 1. The highest BCUT2D eigenvalue weighted by Gasteiger charge is 2.23. The van der Waals surface area contributed by atoms with Crippen LogP contribution in [-0.2, 0) is 0 Å². The van der Waals surface area contributed by atoms with Crippen molar-refractivity contribution in [3.8, 4) is 5.69 Å². The number of ketones is 1. The van der Waals surface area contributed by atoms with E-state index in [0.29, 0.717) is 21.6 Å². The van der Waals surface area contributed by atoms with Crippen LogP contribution in [0.25, 0.3) is 5.69 Å². The van der Waals surface area contributed by atoms with E-state index in [1.54, 1.807) is 12.3 Å². The van der Waals surface area contributed by atoms with Crippen molar-refractivity contribution in [3.63, 3.8) is 0 Å². The zero-order chi connectivity index (χ0) is 17.9. The number of rotatable bonds is 6. The lowest BCUT2D eigenvalue weighted by Crippen LogP contribution is -2.22. The minimum atomic E-state index is 0.0309. The van der Waals surface area contributed by atoms with Crippen molar-refractivity contribution in [1.82, 2.24) is 19.7 Å². The van der Waals surface area contributed by atoms with Crippen LogP contribution >= 0.6 is 23.4 Å². The van der Waals surface area contributed by atoms with Crippen LogP contribution in [0.4, 0.5) is 5.95 Å². The average molecular weight is 388 g/mol. The summed E-state index contributed by atoms with van der Waals surface area (Å²) in [4.78, 5) is 17.5. The second-order valence-electron chi connectivity index (χ2n) is 6.09. The van der Waals surface area contributed by atoms with Crippen LogP contribution in [0.3, 0.4) is 0 Å². The topological polar surface area (TPSA) is 66.8 Å². The van der Waals surface area contributed by atoms with Gasteiger partial charge in [0.2, 0.25) is 5.95 Å². The average Bonchev–Trinajstić information content (AvgIpc) is 3.40. The molecule has 0 atom stereocenters. The first-order valence-corrected chi connectivity index (χ1v) is 9.84. The van der Waals surface area contributed by atoms with Gasteiger partial charge in [0, 0.05) is 24.3 Å². The molecule has 0 aliphatic carbocycles. The summed E-state index contributed by atoms with van der Waals surface area (Å²) in [6.45, 7) is 1.93. The highest BCUT2D eigenvalue weighted by atomic mass is 35.5. The van der Waals surface area contributed by atoms with Gasteiger partial charge in [0.05, 0.1) is 17.1 Å². The summed E-state index contributed by atoms with van der Waals surface area (Å²) in [6, 6.07) is 11.2. The van der Waals surface area contributed by atoms with Crippen molar-refractivity contribution in [3.05, 3.63) is 53.3 Å². The van der Waals surface area contributed by atoms with E-state index < -0.39 is 0 Å². The maximum Gasteiger partial charge on any atom is 0.232 e. The van der Waals surface area contributed by atoms with Gasteiger partial charge in [-0.2, -0.15) is 0 Å². The van der Waals surface area contributed by atoms with Crippen molar-refractivity contribution in [2.75, 3.05) is 23.7 Å². The molecule has 6 nitrogen and oxygen atoms in total. The van der Waals surface area contributed by atoms with Gasteiger partial charge in [-0.3, -0.25) is 9.36 Å². The van der Waals surface area contributed by atoms with Gasteiger partial charge >= 0.3 is 0 Å². The molecule has 134 valence electrons. The summed E-state index contributed by atoms with van der Waals surface area (Å²) in [5, 5.41) is 10.1. The van der Waals surface area contributed by atoms with E-state index in [1.807, 2.05) is 34.9 Å². The number of carbonyl (C=O) groups is 1. The Balaban J connectivity index is 1.64. The Kier molecular flexibility index (Phi) is 4.99. The van der Waals surface area contributed by atoms with Gasteiger partial charge in [-0.05, 0) is 43.2 Å². The Hall–Kier alpha value is -2.25. The minimum absolute atomic E-state index is 0.0309. The van der Waals surface area contributed by atoms with Crippen LogP contribution in [0.15, 0.2) is 47.8 Å². The molecular weight excluding hydrogens is 370 g/mol. The lowest BCUT2D eigenvalue weighted by molar-refractivity contribution is 0.101. The number of Topliss-reactive ketones (excluding diaryl/α,β-unsaturated/α-hetero) is 1. The van der Waals surface area contributed by atoms with Crippen LogP contribution in [0.2, 0.25) is 5.02 Å². The molecule has 3 heterocycles. The van der Waals surface area contributed by atoms with Crippen molar-refractivity contribution in [1.29, 1.82) is 0 Å². The van der Waals surface area contributed by atoms with Crippen LogP contribution in [-0.4, -0.2) is 44.4 Å². The molecule has 8 heteroatoms. The largest absolute Gasteiger partial charge is 0.359 e. The zero-order valence-electron chi connectivity index (χ0n) is 14.1. The van der Waals surface area contributed by atoms with E-state index in [-0.39, 0.29) is 5.78 Å². The number of aromatic nitrogens is 4. The number of thioether (sulfide) groups is 1. The van der Waals surface area contributed by atoms with Crippen LogP contribution in [0.1, 0.15) is 23.3 Å². The van der Waals surface area contributed by atoms with E-state index in [4.69, 9.17) is 11.6 Å². The van der Waals surface area contributed by atoms with Crippen LogP contribution < -0.4 is 4.90 Å². The van der Waals surface area contributed by atoms with Gasteiger partial charge in [-0.25, -0.2) is 0 Å². The summed E-state index contributed by atoms with van der Waals surface area (Å²) in [6.07, 6.45) is 4.05. The van der Waals surface area contributed by atoms with Crippen molar-refractivity contribution in [2.45, 2.75) is 18.0 Å². The summed E-state index contributed by atoms with van der Waals surface area (Å²) >= 11 is 7.57. The third-order valence-electron chi connectivity index (χ3n) is 4.30. The molecule has 0 radical (unpaired) electrons. The first-order valence-electron chi connectivity index (χ1n) is 8.48. The molecular formula is C18H18ClN5OS. The van der Waals surface area contributed by atoms with Crippen molar-refractivity contribution in [2.24, 2.45) is 0 Å². The molecule has 1 aromatic carbocycles. The predicted octanol–water partition coefficient (Wildman–Crippen LogP) is 3.82. The van der Waals surface area contributed by atoms with E-state index in [2.05, 4.69) is 20.1 Å². The molecule has 1 N–H and O–H groups in total. The van der Waals surface area contributed by atoms with E-state index in [1.165, 1.54) is 11.8 Å². The molecule has 1 aliphatic rings. The third kappa shape index (κ3) is 3.50. The Morgan fingerprint density at radius 2 is 2.04 bits per heavy atom. The maximum absolute atomic E-state index is 12.3. The highest BCUT2D eigenvalue weighted by molar-refractivity contribution is 7.99. The fraction of sp³-hybridized carbons (Fsp3) is 0.278. The molecule has 26 heavy (non-hydrogen) atoms. The Labute approximate surface area is 160 Å². The van der Waals surface area contributed by atoms with Crippen molar-refractivity contribution < 1.29 is 4.79 Å². The molecule has 1 aliphatic heterocycles. The van der Waals surface area contributed by atoms with Gasteiger partial charge in [0.15, 0.2) is 10.9 Å². The number of nitrogens with zero attached hydrogens (tertiary/aromatic N) is 4. The Morgan fingerprint density at radius 1 is 1.19 bits per heavy atom. The quantitative estimate of drug-likeness (QED) is 0.514. The first kappa shape index (κ1) is 17.2. The number of carbonyl (C=O) groups excluding carboxylic acids is 1. The monoisotopic (exact) mass is 387 g/mol. The molecule has 0 bridgehead atoms. The highest BCUT2D eigenvalue weighted by Crippen LogP contribution is 2.29. The van der Waals surface area contributed by atoms with Crippen LogP contribution in [0, 0.1) is 0 Å². The minimum Gasteiger partial charge on any atom is -0.359 e. The fourth-order valence-corrected chi connectivity index (χ4v) is 4.05. The maximum atomic E-state index is 12.3. The second-order valence-corrected chi connectivity index (χ2v) is 7.47. The fourth-order valence-electron chi connectivity index (χ4n) is 3.03. The number of aromatic amines is 1. The number of benzene rings is 1. The SMILES string of the molecule is O=C(CSc1nnc(N2CCCC2)n1-c1cccc(Cl)c1)c1ccc[nH]1. The second kappa shape index (κ2) is 7.55. The molecule has 0 saturated carbocycles. The molecule has 2 aromatic heterocycles. The normalized spacial score (nSPS) is 14.1. The number of nitrogens with one attached hydrogen (secondary N) is 1. The van der Waals surface area contributed by atoms with Crippen molar-refractivity contribution >= 4 is 35.1 Å². The number of halogens is 1. The van der Waals surface area contributed by atoms with Gasteiger partial charge in [0.25, 0.3) is 0 Å². The standard InChI is InChI=1S/C18H18ClN5OS/c19-13-5-3-6-14(11-13)24-17(23-9-1-2-10-23)21-22-18(24)26-12-16(25)15-7-4-8-20-15/h3-8,11,20H,1-2,9-10,12H2. The van der Waals surface area contributed by atoms with E-state index in [0.717, 1.165) is 37.6 Å². The number of hydrogen-bond acceptors (Lipinski definition) is 5. The molecule has 1 saturated heterocycles. The lowest BCUT2D eigenvalue weighted by Gasteiger charge is -2.18. The van der Waals surface area contributed by atoms with Gasteiger partial charge in [0.1, 0.15) is 0 Å². The van der Waals surface area contributed by atoms with E-state index in [9.17, 15) is 4.79 Å². The van der Waals surface area contributed by atoms with Gasteiger partial charge in [-0.1, -0.05) is 29.4 Å². The summed E-state index contributed by atoms with van der Waals surface area (Å²) in [5.74, 6) is 1.13. The van der Waals surface area contributed by atoms with Crippen LogP contribution in [0.5, 0.6) is 0 Å². The molecule has 0 amide bonds. The molecule has 3 aromatic rings. The molecule has 1 fully saturated rings. The number of anilines is 1. The smallest absolute Gasteiger partial charge is 0.232 e. The molecule has 0 unspecified atom stereocenters.